The molecule has 0 saturated heterocycles. The van der Waals surface area contributed by atoms with Gasteiger partial charge in [0.15, 0.2) is 5.82 Å². The van der Waals surface area contributed by atoms with Crippen molar-refractivity contribution < 1.29 is 8.83 Å². The molecule has 0 fully saturated rings. The number of rotatable bonds is 6. The monoisotopic (exact) mass is 717 g/mol. The van der Waals surface area contributed by atoms with Crippen molar-refractivity contribution in [3.8, 4) is 67.4 Å². The van der Waals surface area contributed by atoms with Crippen LogP contribution in [-0.2, 0) is 0 Å². The van der Waals surface area contributed by atoms with Crippen LogP contribution in [-0.4, -0.2) is 15.0 Å². The van der Waals surface area contributed by atoms with E-state index in [0.29, 0.717) is 5.82 Å². The van der Waals surface area contributed by atoms with Crippen LogP contribution in [0.3, 0.4) is 0 Å². The number of benzene rings is 7. The first-order valence-electron chi connectivity index (χ1n) is 18.7. The second-order valence-electron chi connectivity index (χ2n) is 13.9. The lowest BCUT2D eigenvalue weighted by Crippen LogP contribution is -1.96. The smallest absolute Gasteiger partial charge is 0.160 e. The van der Waals surface area contributed by atoms with E-state index in [0.717, 1.165) is 105 Å². The Labute approximate surface area is 322 Å². The molecule has 0 bridgehead atoms. The van der Waals surface area contributed by atoms with Gasteiger partial charge in [-0.25, -0.2) is 9.97 Å². The summed E-state index contributed by atoms with van der Waals surface area (Å²) in [5, 5.41) is 4.36. The maximum absolute atomic E-state index is 6.71. The van der Waals surface area contributed by atoms with Crippen LogP contribution in [0.25, 0.3) is 111 Å². The van der Waals surface area contributed by atoms with E-state index in [1.165, 1.54) is 0 Å². The van der Waals surface area contributed by atoms with E-state index in [1.54, 1.807) is 0 Å². The molecule has 11 rings (SSSR count). The highest BCUT2D eigenvalue weighted by Crippen LogP contribution is 2.45. The van der Waals surface area contributed by atoms with Crippen molar-refractivity contribution in [3.05, 3.63) is 188 Å². The minimum Gasteiger partial charge on any atom is -0.456 e. The summed E-state index contributed by atoms with van der Waals surface area (Å²) in [6.07, 6.45) is 1.82. The fourth-order valence-electron chi connectivity index (χ4n) is 7.90. The summed E-state index contributed by atoms with van der Waals surface area (Å²) in [6.45, 7) is 0. The van der Waals surface area contributed by atoms with E-state index in [9.17, 15) is 0 Å². The predicted molar refractivity (Wildman–Crippen MR) is 227 cm³/mol. The maximum atomic E-state index is 6.71. The molecule has 0 amide bonds. The van der Waals surface area contributed by atoms with Crippen LogP contribution in [0.5, 0.6) is 0 Å². The third-order valence-corrected chi connectivity index (χ3v) is 10.6. The summed E-state index contributed by atoms with van der Waals surface area (Å²) in [5.41, 5.74) is 14.4. The van der Waals surface area contributed by atoms with Gasteiger partial charge in [0.25, 0.3) is 0 Å². The Hall–Kier alpha value is -7.63. The highest BCUT2D eigenvalue weighted by Gasteiger charge is 2.20. The minimum atomic E-state index is 0.659. The van der Waals surface area contributed by atoms with E-state index in [1.807, 2.05) is 72.9 Å². The largest absolute Gasteiger partial charge is 0.456 e. The molecule has 0 aliphatic carbocycles. The summed E-state index contributed by atoms with van der Waals surface area (Å²) in [4.78, 5) is 14.7. The van der Waals surface area contributed by atoms with Gasteiger partial charge < -0.3 is 8.83 Å². The highest BCUT2D eigenvalue weighted by atomic mass is 16.3. The number of fused-ring (bicyclic) bond motifs is 6. The van der Waals surface area contributed by atoms with Gasteiger partial charge in [-0.15, -0.1) is 0 Å². The molecule has 4 heterocycles. The van der Waals surface area contributed by atoms with Crippen molar-refractivity contribution in [1.29, 1.82) is 0 Å². The number of hydrogen-bond donors (Lipinski definition) is 0. The lowest BCUT2D eigenvalue weighted by Gasteiger charge is -2.11. The molecule has 0 atom stereocenters. The van der Waals surface area contributed by atoms with Crippen molar-refractivity contribution in [3.63, 3.8) is 0 Å². The molecule has 11 aromatic rings. The normalized spacial score (nSPS) is 11.6. The summed E-state index contributed by atoms with van der Waals surface area (Å²) in [7, 11) is 0. The van der Waals surface area contributed by atoms with Crippen molar-refractivity contribution >= 4 is 43.9 Å². The van der Waals surface area contributed by atoms with Crippen LogP contribution < -0.4 is 0 Å². The van der Waals surface area contributed by atoms with Gasteiger partial charge in [0, 0.05) is 55.6 Å². The lowest BCUT2D eigenvalue weighted by molar-refractivity contribution is 0.668. The third-order valence-electron chi connectivity index (χ3n) is 10.6. The Balaban J connectivity index is 1.02. The molecule has 0 unspecified atom stereocenters. The molecule has 4 aromatic heterocycles. The molecule has 0 aliphatic heterocycles. The number of aromatic nitrogens is 3. The lowest BCUT2D eigenvalue weighted by atomic mass is 9.92. The number of hydrogen-bond acceptors (Lipinski definition) is 5. The molecule has 0 N–H and O–H groups in total. The van der Waals surface area contributed by atoms with Crippen LogP contribution in [0.1, 0.15) is 0 Å². The van der Waals surface area contributed by atoms with E-state index < -0.39 is 0 Å². The molecule has 5 heteroatoms. The number of pyridine rings is 1. The fraction of sp³-hybridized carbons (Fsp3) is 0. The Morgan fingerprint density at radius 1 is 0.339 bits per heavy atom. The number of para-hydroxylation sites is 2. The van der Waals surface area contributed by atoms with Gasteiger partial charge >= 0.3 is 0 Å². The Morgan fingerprint density at radius 3 is 1.62 bits per heavy atom. The second-order valence-corrected chi connectivity index (χ2v) is 13.9. The van der Waals surface area contributed by atoms with Crippen LogP contribution >= 0.6 is 0 Å². The highest BCUT2D eigenvalue weighted by molar-refractivity contribution is 6.21. The molecule has 5 nitrogen and oxygen atoms in total. The van der Waals surface area contributed by atoms with Crippen molar-refractivity contribution in [2.75, 3.05) is 0 Å². The molecular weight excluding hydrogens is 687 g/mol. The molecule has 0 spiro atoms. The average molecular weight is 718 g/mol. The van der Waals surface area contributed by atoms with Gasteiger partial charge in [-0.3, -0.25) is 4.98 Å². The topological polar surface area (TPSA) is 65.0 Å². The third kappa shape index (κ3) is 5.37. The van der Waals surface area contributed by atoms with Crippen molar-refractivity contribution in [2.24, 2.45) is 0 Å². The minimum absolute atomic E-state index is 0.659. The van der Waals surface area contributed by atoms with E-state index in [4.69, 9.17) is 18.8 Å². The van der Waals surface area contributed by atoms with Gasteiger partial charge in [-0.05, 0) is 59.2 Å². The first kappa shape index (κ1) is 31.9. The quantitative estimate of drug-likeness (QED) is 0.171. The van der Waals surface area contributed by atoms with Gasteiger partial charge in [-0.1, -0.05) is 140 Å². The zero-order valence-corrected chi connectivity index (χ0v) is 30.1. The summed E-state index contributed by atoms with van der Waals surface area (Å²) in [5.74, 6) is 0.659. The molecular formula is C51H31N3O2. The van der Waals surface area contributed by atoms with E-state index in [-0.39, 0.29) is 0 Å². The molecule has 0 aliphatic rings. The zero-order chi connectivity index (χ0) is 37.0. The SMILES string of the molecule is c1ccc(-c2cc(-c3ccc(-c4ccccn4)cc3)nc(-c3ccc(-c4ccc(-c5cccc6oc7ccccc7c56)c5c4oc4ccccc45)cc3)n2)cc1. The van der Waals surface area contributed by atoms with E-state index in [2.05, 4.69) is 120 Å². The van der Waals surface area contributed by atoms with Gasteiger partial charge in [0.1, 0.15) is 22.3 Å². The maximum Gasteiger partial charge on any atom is 0.160 e. The first-order chi connectivity index (χ1) is 27.7. The van der Waals surface area contributed by atoms with E-state index >= 15 is 0 Å². The van der Waals surface area contributed by atoms with Crippen LogP contribution in [0.2, 0.25) is 0 Å². The van der Waals surface area contributed by atoms with Crippen LogP contribution in [0.4, 0.5) is 0 Å². The Kier molecular flexibility index (Phi) is 7.42. The Morgan fingerprint density at radius 2 is 0.893 bits per heavy atom. The van der Waals surface area contributed by atoms with Crippen LogP contribution in [0, 0.1) is 0 Å². The van der Waals surface area contributed by atoms with Gasteiger partial charge in [0.2, 0.25) is 0 Å². The molecule has 56 heavy (non-hydrogen) atoms. The average Bonchev–Trinajstić information content (AvgIpc) is 3.86. The van der Waals surface area contributed by atoms with Crippen molar-refractivity contribution in [2.45, 2.75) is 0 Å². The fourth-order valence-corrected chi connectivity index (χ4v) is 7.90. The zero-order valence-electron chi connectivity index (χ0n) is 30.1. The summed E-state index contributed by atoms with van der Waals surface area (Å²) >= 11 is 0. The second kappa shape index (κ2) is 13.0. The molecule has 262 valence electrons. The summed E-state index contributed by atoms with van der Waals surface area (Å²) < 4.78 is 13.0. The number of nitrogens with zero attached hydrogens (tertiary/aromatic N) is 3. The number of furan rings is 2. The van der Waals surface area contributed by atoms with Gasteiger partial charge in [0.05, 0.1) is 17.1 Å². The first-order valence-corrected chi connectivity index (χ1v) is 18.7. The van der Waals surface area contributed by atoms with Crippen LogP contribution in [0.15, 0.2) is 197 Å². The molecule has 7 aromatic carbocycles. The predicted octanol–water partition coefficient (Wildman–Crippen LogP) is 13.7. The summed E-state index contributed by atoms with van der Waals surface area (Å²) in [6, 6.07) is 62.4. The Bertz CT molecular complexity index is 3220. The van der Waals surface area contributed by atoms with Gasteiger partial charge in [-0.2, -0.15) is 0 Å². The standard InChI is InChI=1S/C51H31N3O2/c1-2-11-33(12-3-1)43-31-44(35-24-22-34(23-25-35)42-16-8-9-30-52-42)54-51(53-43)36-26-20-32(21-27-36)37-28-29-39(49-41-14-5-7-18-46(41)56-50(37)49)38-15-10-19-47-48(38)40-13-4-6-17-45(40)55-47/h1-31H. The van der Waals surface area contributed by atoms with Crippen molar-refractivity contribution in [1.82, 2.24) is 15.0 Å². The molecule has 0 radical (unpaired) electrons. The molecule has 0 saturated carbocycles.